The van der Waals surface area contributed by atoms with Crippen molar-refractivity contribution in [3.63, 3.8) is 0 Å². The van der Waals surface area contributed by atoms with Gasteiger partial charge in [-0.05, 0) is 5.92 Å². The normalized spacial score (nSPS) is 11.6. The molecule has 0 aliphatic heterocycles. The van der Waals surface area contributed by atoms with E-state index in [4.69, 9.17) is 0 Å². The number of unbranched alkanes of at least 4 members (excludes halogenated alkanes) is 23. The SMILES string of the molecule is [CH2]CCCCCC(CCCCCCCCCCCCC)CCCCCCCCCCCCC. The molecular formula is C33H67. The molecular weight excluding hydrogens is 396 g/mol. The molecule has 0 bridgehead atoms. The van der Waals surface area contributed by atoms with Crippen LogP contribution in [0.5, 0.6) is 0 Å². The molecule has 0 fully saturated rings. The summed E-state index contributed by atoms with van der Waals surface area (Å²) in [5.74, 6) is 1.02. The van der Waals surface area contributed by atoms with Gasteiger partial charge in [-0.2, -0.15) is 0 Å². The number of hydrogen-bond acceptors (Lipinski definition) is 0. The molecule has 0 amide bonds. The molecule has 0 saturated heterocycles. The van der Waals surface area contributed by atoms with Crippen molar-refractivity contribution in [2.75, 3.05) is 0 Å². The van der Waals surface area contributed by atoms with Crippen LogP contribution in [-0.2, 0) is 0 Å². The average Bonchev–Trinajstić information content (AvgIpc) is 2.83. The Hall–Kier alpha value is 0. The maximum Gasteiger partial charge on any atom is -0.0414 e. The van der Waals surface area contributed by atoms with E-state index in [1.165, 1.54) is 180 Å². The van der Waals surface area contributed by atoms with E-state index in [1.54, 1.807) is 0 Å². The van der Waals surface area contributed by atoms with E-state index in [9.17, 15) is 0 Å². The Labute approximate surface area is 212 Å². The lowest BCUT2D eigenvalue weighted by Crippen LogP contribution is -2.01. The Balaban J connectivity index is 3.67. The molecule has 0 aromatic carbocycles. The van der Waals surface area contributed by atoms with Crippen LogP contribution in [-0.4, -0.2) is 0 Å². The van der Waals surface area contributed by atoms with Gasteiger partial charge in [0.05, 0.1) is 0 Å². The summed E-state index contributed by atoms with van der Waals surface area (Å²) in [7, 11) is 0. The van der Waals surface area contributed by atoms with Crippen LogP contribution in [0.3, 0.4) is 0 Å². The summed E-state index contributed by atoms with van der Waals surface area (Å²) in [6, 6.07) is 0. The van der Waals surface area contributed by atoms with Crippen molar-refractivity contribution in [3.05, 3.63) is 6.92 Å². The molecule has 0 heterocycles. The van der Waals surface area contributed by atoms with E-state index < -0.39 is 0 Å². The third kappa shape index (κ3) is 28.1. The average molecular weight is 464 g/mol. The van der Waals surface area contributed by atoms with Gasteiger partial charge >= 0.3 is 0 Å². The second-order valence-corrected chi connectivity index (χ2v) is 11.2. The summed E-state index contributed by atoms with van der Waals surface area (Å²) < 4.78 is 0. The van der Waals surface area contributed by atoms with Crippen molar-refractivity contribution < 1.29 is 0 Å². The van der Waals surface area contributed by atoms with Gasteiger partial charge in [0.25, 0.3) is 0 Å². The van der Waals surface area contributed by atoms with Crippen molar-refractivity contribution in [1.82, 2.24) is 0 Å². The highest BCUT2D eigenvalue weighted by Gasteiger charge is 2.08. The molecule has 0 aliphatic carbocycles. The maximum absolute atomic E-state index is 4.02. The van der Waals surface area contributed by atoms with Crippen LogP contribution in [0.25, 0.3) is 0 Å². The van der Waals surface area contributed by atoms with Gasteiger partial charge in [0, 0.05) is 0 Å². The van der Waals surface area contributed by atoms with Crippen molar-refractivity contribution in [2.45, 2.75) is 200 Å². The van der Waals surface area contributed by atoms with Gasteiger partial charge in [-0.15, -0.1) is 0 Å². The Morgan fingerprint density at radius 2 is 0.576 bits per heavy atom. The summed E-state index contributed by atoms with van der Waals surface area (Å²) in [6.45, 7) is 8.64. The topological polar surface area (TPSA) is 0 Å². The predicted molar refractivity (Wildman–Crippen MR) is 154 cm³/mol. The minimum atomic E-state index is 1.02. The molecule has 0 aromatic heterocycles. The Kier molecular flexibility index (Phi) is 30.0. The van der Waals surface area contributed by atoms with Gasteiger partial charge in [0.15, 0.2) is 0 Å². The van der Waals surface area contributed by atoms with Gasteiger partial charge in [0.2, 0.25) is 0 Å². The Bertz CT molecular complexity index is 294. The van der Waals surface area contributed by atoms with Crippen LogP contribution in [0, 0.1) is 12.8 Å². The van der Waals surface area contributed by atoms with E-state index in [0.717, 1.165) is 12.3 Å². The lowest BCUT2D eigenvalue weighted by atomic mass is 9.89. The molecule has 33 heavy (non-hydrogen) atoms. The molecule has 199 valence electrons. The summed E-state index contributed by atoms with van der Waals surface area (Å²) in [5, 5.41) is 0. The van der Waals surface area contributed by atoms with Crippen molar-refractivity contribution in [1.29, 1.82) is 0 Å². The lowest BCUT2D eigenvalue weighted by Gasteiger charge is -2.17. The zero-order valence-corrected chi connectivity index (χ0v) is 23.8. The van der Waals surface area contributed by atoms with Gasteiger partial charge in [-0.3, -0.25) is 0 Å². The van der Waals surface area contributed by atoms with Crippen molar-refractivity contribution in [2.24, 2.45) is 5.92 Å². The van der Waals surface area contributed by atoms with Crippen molar-refractivity contribution >= 4 is 0 Å². The molecule has 1 radical (unpaired) electrons. The molecule has 0 aromatic rings. The summed E-state index contributed by atoms with van der Waals surface area (Å²) in [6.07, 6.45) is 42.2. The zero-order valence-electron chi connectivity index (χ0n) is 23.8. The van der Waals surface area contributed by atoms with Crippen LogP contribution in [0.4, 0.5) is 0 Å². The van der Waals surface area contributed by atoms with Crippen LogP contribution in [0.1, 0.15) is 200 Å². The number of hydrogen-bond donors (Lipinski definition) is 0. The first-order valence-electron chi connectivity index (χ1n) is 16.1. The molecule has 0 nitrogen and oxygen atoms in total. The molecule has 0 saturated carbocycles. The third-order valence-corrected chi connectivity index (χ3v) is 7.79. The quantitative estimate of drug-likeness (QED) is 0.0967. The summed E-state index contributed by atoms with van der Waals surface area (Å²) in [4.78, 5) is 0. The monoisotopic (exact) mass is 464 g/mol. The van der Waals surface area contributed by atoms with Gasteiger partial charge in [-0.25, -0.2) is 0 Å². The fourth-order valence-electron chi connectivity index (χ4n) is 5.41. The highest BCUT2D eigenvalue weighted by atomic mass is 14.1. The fraction of sp³-hybridized carbons (Fsp3) is 0.970. The minimum Gasteiger partial charge on any atom is -0.0654 e. The fourth-order valence-corrected chi connectivity index (χ4v) is 5.41. The Morgan fingerprint density at radius 1 is 0.333 bits per heavy atom. The highest BCUT2D eigenvalue weighted by molar-refractivity contribution is 4.62. The van der Waals surface area contributed by atoms with Crippen LogP contribution in [0.15, 0.2) is 0 Å². The first kappa shape index (κ1) is 33.0. The van der Waals surface area contributed by atoms with E-state index in [1.807, 2.05) is 0 Å². The van der Waals surface area contributed by atoms with Crippen LogP contribution in [0.2, 0.25) is 0 Å². The van der Waals surface area contributed by atoms with E-state index in [0.29, 0.717) is 0 Å². The van der Waals surface area contributed by atoms with E-state index in [-0.39, 0.29) is 0 Å². The zero-order chi connectivity index (χ0) is 24.1. The van der Waals surface area contributed by atoms with Crippen LogP contribution < -0.4 is 0 Å². The van der Waals surface area contributed by atoms with Crippen molar-refractivity contribution in [3.8, 4) is 0 Å². The molecule has 0 atom stereocenters. The summed E-state index contributed by atoms with van der Waals surface area (Å²) >= 11 is 0. The van der Waals surface area contributed by atoms with Gasteiger partial charge in [0.1, 0.15) is 0 Å². The molecule has 0 unspecified atom stereocenters. The second kappa shape index (κ2) is 30.0. The minimum absolute atomic E-state index is 1.02. The smallest absolute Gasteiger partial charge is 0.0414 e. The molecule has 0 spiro atoms. The third-order valence-electron chi connectivity index (χ3n) is 7.79. The second-order valence-electron chi connectivity index (χ2n) is 11.2. The predicted octanol–water partition coefficient (Wildman–Crippen LogP) is 12.8. The lowest BCUT2D eigenvalue weighted by molar-refractivity contribution is 0.366. The first-order valence-corrected chi connectivity index (χ1v) is 16.1. The first-order chi connectivity index (χ1) is 16.3. The van der Waals surface area contributed by atoms with Crippen LogP contribution >= 0.6 is 0 Å². The highest BCUT2D eigenvalue weighted by Crippen LogP contribution is 2.25. The molecule has 0 rings (SSSR count). The maximum atomic E-state index is 4.02. The van der Waals surface area contributed by atoms with E-state index in [2.05, 4.69) is 20.8 Å². The molecule has 0 heteroatoms. The standard InChI is InChI=1S/C33H67/c1-4-7-10-13-15-17-19-21-23-25-28-31-33(30-27-12-9-6-3)32-29-26-24-22-20-18-16-14-11-8-5-2/h33H,3-32H2,1-2H3. The molecule has 0 aliphatic rings. The van der Waals surface area contributed by atoms with Gasteiger partial charge in [-0.1, -0.05) is 207 Å². The molecule has 0 N–H and O–H groups in total. The largest absolute Gasteiger partial charge is 0.0654 e. The summed E-state index contributed by atoms with van der Waals surface area (Å²) in [5.41, 5.74) is 0. The van der Waals surface area contributed by atoms with Gasteiger partial charge < -0.3 is 0 Å². The Morgan fingerprint density at radius 3 is 0.848 bits per heavy atom. The van der Waals surface area contributed by atoms with E-state index >= 15 is 0 Å². The number of rotatable bonds is 29.